The number of benzene rings is 2. The number of amides is 2. The van der Waals surface area contributed by atoms with Crippen molar-refractivity contribution in [1.82, 2.24) is 10.9 Å². The summed E-state index contributed by atoms with van der Waals surface area (Å²) < 4.78 is 16.1. The molecule has 11 heteroatoms. The van der Waals surface area contributed by atoms with E-state index >= 15 is 0 Å². The normalized spacial score (nSPS) is 14.7. The van der Waals surface area contributed by atoms with Crippen molar-refractivity contribution in [3.05, 3.63) is 57.6 Å². The number of nitrogens with zero attached hydrogens (tertiary/aromatic N) is 1. The molecule has 1 atom stereocenters. The summed E-state index contributed by atoms with van der Waals surface area (Å²) in [6.07, 6.45) is -0.930. The van der Waals surface area contributed by atoms with Crippen molar-refractivity contribution in [2.75, 3.05) is 13.2 Å². The number of hydrogen-bond donors (Lipinski definition) is 2. The number of rotatable bonds is 5. The van der Waals surface area contributed by atoms with Gasteiger partial charge < -0.3 is 14.2 Å². The molecule has 1 heterocycles. The van der Waals surface area contributed by atoms with Gasteiger partial charge in [0, 0.05) is 12.1 Å². The van der Waals surface area contributed by atoms with Crippen LogP contribution in [0.5, 0.6) is 17.2 Å². The molecule has 0 aliphatic carbocycles. The van der Waals surface area contributed by atoms with Gasteiger partial charge in [0.2, 0.25) is 6.10 Å². The molecule has 0 fully saturated rings. The topological polar surface area (TPSA) is 129 Å². The fourth-order valence-electron chi connectivity index (χ4n) is 2.26. The van der Waals surface area contributed by atoms with Gasteiger partial charge in [-0.3, -0.25) is 30.6 Å². The Morgan fingerprint density at radius 2 is 1.96 bits per heavy atom. The van der Waals surface area contributed by atoms with Gasteiger partial charge in [0.1, 0.15) is 12.4 Å². The minimum absolute atomic E-state index is 0.00633. The van der Waals surface area contributed by atoms with E-state index in [1.165, 1.54) is 12.1 Å². The zero-order valence-corrected chi connectivity index (χ0v) is 15.0. The number of ether oxygens (including phenoxy) is 3. The van der Waals surface area contributed by atoms with Crippen LogP contribution in [0.1, 0.15) is 0 Å². The van der Waals surface area contributed by atoms with Crippen LogP contribution in [-0.2, 0) is 9.59 Å². The third kappa shape index (κ3) is 4.60. The third-order valence-electron chi connectivity index (χ3n) is 3.61. The molecule has 1 aliphatic rings. The lowest BCUT2D eigenvalue weighted by Crippen LogP contribution is -2.51. The van der Waals surface area contributed by atoms with Crippen molar-refractivity contribution in [3.8, 4) is 17.2 Å². The summed E-state index contributed by atoms with van der Waals surface area (Å²) in [5.74, 6) is -0.217. The Kier molecular flexibility index (Phi) is 5.80. The minimum Gasteiger partial charge on any atom is -0.485 e. The summed E-state index contributed by atoms with van der Waals surface area (Å²) in [5, 5.41) is 10.6. The smallest absolute Gasteiger partial charge is 0.283 e. The van der Waals surface area contributed by atoms with Crippen molar-refractivity contribution in [1.29, 1.82) is 0 Å². The number of carbonyl (C=O) groups is 2. The van der Waals surface area contributed by atoms with Gasteiger partial charge in [-0.15, -0.1) is 0 Å². The second kappa shape index (κ2) is 8.44. The van der Waals surface area contributed by atoms with E-state index in [1.54, 1.807) is 24.3 Å². The highest BCUT2D eigenvalue weighted by molar-refractivity contribution is 6.32. The highest BCUT2D eigenvalue weighted by Crippen LogP contribution is 2.31. The molecule has 3 rings (SSSR count). The Morgan fingerprint density at radius 3 is 2.68 bits per heavy atom. The molecule has 2 amide bonds. The Hall–Kier alpha value is -3.53. The molecule has 1 aliphatic heterocycles. The third-order valence-corrected chi connectivity index (χ3v) is 3.91. The van der Waals surface area contributed by atoms with Crippen molar-refractivity contribution < 1.29 is 28.7 Å². The van der Waals surface area contributed by atoms with Crippen LogP contribution in [0.3, 0.4) is 0 Å². The molecule has 0 saturated heterocycles. The number of hydrogen-bond acceptors (Lipinski definition) is 7. The first-order chi connectivity index (χ1) is 13.4. The molecule has 146 valence electrons. The number of non-ortho nitro benzene ring substituents is 1. The lowest BCUT2D eigenvalue weighted by molar-refractivity contribution is -0.384. The van der Waals surface area contributed by atoms with Crippen molar-refractivity contribution in [2.45, 2.75) is 6.10 Å². The molecule has 0 spiro atoms. The van der Waals surface area contributed by atoms with E-state index in [-0.39, 0.29) is 23.1 Å². The fraction of sp³-hybridized carbons (Fsp3) is 0.176. The number of carbonyl (C=O) groups excluding carboxylic acids is 2. The Morgan fingerprint density at radius 1 is 1.21 bits per heavy atom. The van der Waals surface area contributed by atoms with Crippen molar-refractivity contribution in [2.24, 2.45) is 0 Å². The van der Waals surface area contributed by atoms with E-state index < -0.39 is 29.4 Å². The SMILES string of the molecule is O=C(COc1ccc([N+](=O)[O-])cc1Cl)NNC(=O)[C@@H]1COc2ccccc2O1. The van der Waals surface area contributed by atoms with Crippen LogP contribution in [0.25, 0.3) is 0 Å². The summed E-state index contributed by atoms with van der Waals surface area (Å²) >= 11 is 5.87. The number of para-hydroxylation sites is 2. The summed E-state index contributed by atoms with van der Waals surface area (Å²) in [4.78, 5) is 34.0. The first kappa shape index (κ1) is 19.2. The first-order valence-electron chi connectivity index (χ1n) is 7.98. The number of nitro groups is 1. The van der Waals surface area contributed by atoms with Crippen LogP contribution in [0.15, 0.2) is 42.5 Å². The summed E-state index contributed by atoms with van der Waals surface area (Å²) in [7, 11) is 0. The molecule has 0 saturated carbocycles. The van der Waals surface area contributed by atoms with Gasteiger partial charge in [0.15, 0.2) is 18.1 Å². The maximum atomic E-state index is 12.1. The molecule has 0 bridgehead atoms. The molecule has 28 heavy (non-hydrogen) atoms. The fourth-order valence-corrected chi connectivity index (χ4v) is 2.49. The van der Waals surface area contributed by atoms with Gasteiger partial charge in [-0.25, -0.2) is 0 Å². The summed E-state index contributed by atoms with van der Waals surface area (Å²) in [6, 6.07) is 10.5. The predicted octanol–water partition coefficient (Wildman–Crippen LogP) is 1.61. The van der Waals surface area contributed by atoms with E-state index in [9.17, 15) is 19.7 Å². The lowest BCUT2D eigenvalue weighted by atomic mass is 10.2. The molecule has 0 unspecified atom stereocenters. The van der Waals surface area contributed by atoms with E-state index in [0.29, 0.717) is 11.5 Å². The maximum Gasteiger partial charge on any atom is 0.283 e. The lowest BCUT2D eigenvalue weighted by Gasteiger charge is -2.25. The number of nitrogens with one attached hydrogen (secondary N) is 2. The van der Waals surface area contributed by atoms with Gasteiger partial charge >= 0.3 is 0 Å². The van der Waals surface area contributed by atoms with Gasteiger partial charge in [0.05, 0.1) is 9.95 Å². The Bertz CT molecular complexity index is 921. The minimum atomic E-state index is -0.930. The first-order valence-corrected chi connectivity index (χ1v) is 8.36. The zero-order chi connectivity index (χ0) is 20.1. The summed E-state index contributed by atoms with van der Waals surface area (Å²) in [5.41, 5.74) is 4.18. The van der Waals surface area contributed by atoms with E-state index in [2.05, 4.69) is 10.9 Å². The molecule has 0 aromatic heterocycles. The molecular weight excluding hydrogens is 394 g/mol. The second-order valence-corrected chi connectivity index (χ2v) is 5.97. The van der Waals surface area contributed by atoms with E-state index in [0.717, 1.165) is 6.07 Å². The Labute approximate surface area is 163 Å². The monoisotopic (exact) mass is 407 g/mol. The van der Waals surface area contributed by atoms with Gasteiger partial charge in [-0.05, 0) is 18.2 Å². The number of halogens is 1. The molecular formula is C17H14ClN3O7. The maximum absolute atomic E-state index is 12.1. The average Bonchev–Trinajstić information content (AvgIpc) is 2.70. The standard InChI is InChI=1S/C17H14ClN3O7/c18-11-7-10(21(24)25)5-6-12(11)27-9-16(22)19-20-17(23)15-8-26-13-3-1-2-4-14(13)28-15/h1-7,15H,8-9H2,(H,19,22)(H,20,23)/t15-/m0/s1. The molecule has 2 N–H and O–H groups in total. The molecule has 10 nitrogen and oxygen atoms in total. The van der Waals surface area contributed by atoms with Crippen LogP contribution in [0.4, 0.5) is 5.69 Å². The predicted molar refractivity (Wildman–Crippen MR) is 96.2 cm³/mol. The molecule has 2 aromatic carbocycles. The highest BCUT2D eigenvalue weighted by atomic mass is 35.5. The quantitative estimate of drug-likeness (QED) is 0.569. The number of nitro benzene ring substituents is 1. The molecule has 0 radical (unpaired) electrons. The van der Waals surface area contributed by atoms with Crippen LogP contribution >= 0.6 is 11.6 Å². The summed E-state index contributed by atoms with van der Waals surface area (Å²) in [6.45, 7) is -0.476. The Balaban J connectivity index is 1.46. The van der Waals surface area contributed by atoms with Gasteiger partial charge in [0.25, 0.3) is 17.5 Å². The van der Waals surface area contributed by atoms with Gasteiger partial charge in [-0.1, -0.05) is 23.7 Å². The van der Waals surface area contributed by atoms with Crippen molar-refractivity contribution >= 4 is 29.1 Å². The van der Waals surface area contributed by atoms with E-state index in [4.69, 9.17) is 25.8 Å². The molecule has 2 aromatic rings. The van der Waals surface area contributed by atoms with Crippen molar-refractivity contribution in [3.63, 3.8) is 0 Å². The zero-order valence-electron chi connectivity index (χ0n) is 14.2. The average molecular weight is 408 g/mol. The number of hydrazine groups is 1. The van der Waals surface area contributed by atoms with E-state index in [1.807, 2.05) is 0 Å². The largest absolute Gasteiger partial charge is 0.485 e. The van der Waals surface area contributed by atoms with Crippen LogP contribution in [0.2, 0.25) is 5.02 Å². The second-order valence-electron chi connectivity index (χ2n) is 5.56. The van der Waals surface area contributed by atoms with Crippen LogP contribution < -0.4 is 25.1 Å². The van der Waals surface area contributed by atoms with Crippen LogP contribution in [-0.4, -0.2) is 36.1 Å². The van der Waals surface area contributed by atoms with Crippen LogP contribution in [0, 0.1) is 10.1 Å². The number of fused-ring (bicyclic) bond motifs is 1. The van der Waals surface area contributed by atoms with Gasteiger partial charge in [-0.2, -0.15) is 0 Å². The highest BCUT2D eigenvalue weighted by Gasteiger charge is 2.27.